The molecule has 0 saturated heterocycles. The second-order valence-corrected chi connectivity index (χ2v) is 8.70. The van der Waals surface area contributed by atoms with E-state index in [1.54, 1.807) is 0 Å². The second kappa shape index (κ2) is 6.88. The highest BCUT2D eigenvalue weighted by Crippen LogP contribution is 2.36. The molecule has 28 heavy (non-hydrogen) atoms. The molecule has 144 valence electrons. The van der Waals surface area contributed by atoms with Crippen LogP contribution in [-0.4, -0.2) is 28.8 Å². The summed E-state index contributed by atoms with van der Waals surface area (Å²) in [6.45, 7) is 2.86. The van der Waals surface area contributed by atoms with E-state index in [9.17, 15) is 18.5 Å². The molecule has 0 saturated carbocycles. The summed E-state index contributed by atoms with van der Waals surface area (Å²) in [5, 5.41) is 10.9. The minimum Gasteiger partial charge on any atom is -0.348 e. The molecule has 8 heteroatoms. The van der Waals surface area contributed by atoms with Gasteiger partial charge in [-0.1, -0.05) is 29.8 Å². The van der Waals surface area contributed by atoms with Crippen LogP contribution in [0.5, 0.6) is 0 Å². The summed E-state index contributed by atoms with van der Waals surface area (Å²) in [5.41, 5.74) is 2.75. The molecule has 0 unspecified atom stereocenters. The lowest BCUT2D eigenvalue weighted by atomic mass is 10.0. The van der Waals surface area contributed by atoms with Gasteiger partial charge in [-0.2, -0.15) is 4.31 Å². The zero-order valence-electron chi connectivity index (χ0n) is 15.2. The Bertz CT molecular complexity index is 1120. The van der Waals surface area contributed by atoms with Crippen LogP contribution in [0.2, 0.25) is 0 Å². The fourth-order valence-electron chi connectivity index (χ4n) is 3.58. The molecule has 0 fully saturated rings. The van der Waals surface area contributed by atoms with Crippen molar-refractivity contribution in [3.63, 3.8) is 0 Å². The van der Waals surface area contributed by atoms with Gasteiger partial charge in [0, 0.05) is 37.1 Å². The molecule has 2 aromatic carbocycles. The topological polar surface area (TPSA) is 85.5 Å². The van der Waals surface area contributed by atoms with Crippen LogP contribution in [0.3, 0.4) is 0 Å². The number of nitro benzene ring substituents is 1. The van der Waals surface area contributed by atoms with Crippen molar-refractivity contribution in [1.29, 1.82) is 0 Å². The SMILES string of the molecule is Cc1ccc([C@H]2c3cccn3CCN2S(=O)(=O)c2ccc([N+](=O)[O-])cc2)cc1. The van der Waals surface area contributed by atoms with Gasteiger partial charge < -0.3 is 4.57 Å². The summed E-state index contributed by atoms with van der Waals surface area (Å²) >= 11 is 0. The molecule has 0 radical (unpaired) electrons. The lowest BCUT2D eigenvalue weighted by Gasteiger charge is -2.36. The Morgan fingerprint density at radius 2 is 1.68 bits per heavy atom. The first-order chi connectivity index (χ1) is 13.4. The smallest absolute Gasteiger partial charge is 0.269 e. The molecule has 0 bridgehead atoms. The van der Waals surface area contributed by atoms with E-state index in [1.807, 2.05) is 49.5 Å². The molecule has 1 atom stereocenters. The summed E-state index contributed by atoms with van der Waals surface area (Å²) in [6.07, 6.45) is 1.95. The van der Waals surface area contributed by atoms with Crippen LogP contribution in [0.4, 0.5) is 5.69 Å². The summed E-state index contributed by atoms with van der Waals surface area (Å²) in [5.74, 6) is 0. The molecule has 7 nitrogen and oxygen atoms in total. The Kier molecular flexibility index (Phi) is 4.52. The van der Waals surface area contributed by atoms with E-state index in [0.717, 1.165) is 16.8 Å². The first-order valence-electron chi connectivity index (χ1n) is 8.86. The molecule has 0 spiro atoms. The number of aromatic nitrogens is 1. The first kappa shape index (κ1) is 18.4. The van der Waals surface area contributed by atoms with Gasteiger partial charge in [0.15, 0.2) is 0 Å². The third-order valence-electron chi connectivity index (χ3n) is 5.04. The average Bonchev–Trinajstić information content (AvgIpc) is 3.17. The third kappa shape index (κ3) is 3.10. The molecule has 0 amide bonds. The molecule has 4 rings (SSSR count). The molecule has 0 N–H and O–H groups in total. The number of hydrogen-bond acceptors (Lipinski definition) is 4. The second-order valence-electron chi connectivity index (χ2n) is 6.81. The Hall–Kier alpha value is -2.97. The number of nitro groups is 1. The van der Waals surface area contributed by atoms with Gasteiger partial charge >= 0.3 is 0 Å². The molecule has 1 aliphatic heterocycles. The normalized spacial score (nSPS) is 17.2. The Morgan fingerprint density at radius 3 is 2.32 bits per heavy atom. The van der Waals surface area contributed by atoms with E-state index in [1.165, 1.54) is 28.6 Å². The Labute approximate surface area is 163 Å². The van der Waals surface area contributed by atoms with Crippen molar-refractivity contribution in [3.05, 3.63) is 93.8 Å². The predicted octanol–water partition coefficient (Wildman–Crippen LogP) is 3.50. The van der Waals surface area contributed by atoms with Gasteiger partial charge in [0.25, 0.3) is 5.69 Å². The molecule has 1 aromatic heterocycles. The van der Waals surface area contributed by atoms with Gasteiger partial charge in [0.1, 0.15) is 0 Å². The zero-order valence-corrected chi connectivity index (χ0v) is 16.0. The van der Waals surface area contributed by atoms with Crippen molar-refractivity contribution in [2.45, 2.75) is 24.4 Å². The van der Waals surface area contributed by atoms with Crippen molar-refractivity contribution in [2.24, 2.45) is 0 Å². The highest BCUT2D eigenvalue weighted by molar-refractivity contribution is 7.89. The van der Waals surface area contributed by atoms with Crippen LogP contribution < -0.4 is 0 Å². The van der Waals surface area contributed by atoms with Crippen LogP contribution in [0, 0.1) is 17.0 Å². The fraction of sp³-hybridized carbons (Fsp3) is 0.200. The molecular weight excluding hydrogens is 378 g/mol. The van der Waals surface area contributed by atoms with Gasteiger partial charge in [-0.05, 0) is 36.8 Å². The number of non-ortho nitro benzene ring substituents is 1. The Balaban J connectivity index is 1.80. The number of hydrogen-bond donors (Lipinski definition) is 0. The lowest BCUT2D eigenvalue weighted by molar-refractivity contribution is -0.384. The van der Waals surface area contributed by atoms with Crippen molar-refractivity contribution in [3.8, 4) is 0 Å². The van der Waals surface area contributed by atoms with E-state index in [-0.39, 0.29) is 10.6 Å². The highest BCUT2D eigenvalue weighted by atomic mass is 32.2. The van der Waals surface area contributed by atoms with Crippen LogP contribution >= 0.6 is 0 Å². The van der Waals surface area contributed by atoms with Crippen LogP contribution in [0.15, 0.2) is 71.8 Å². The average molecular weight is 397 g/mol. The minimum absolute atomic E-state index is 0.0511. The van der Waals surface area contributed by atoms with Crippen LogP contribution in [0.1, 0.15) is 22.9 Å². The lowest BCUT2D eigenvalue weighted by Crippen LogP contribution is -2.42. The van der Waals surface area contributed by atoms with Crippen molar-refractivity contribution >= 4 is 15.7 Å². The summed E-state index contributed by atoms with van der Waals surface area (Å²) in [7, 11) is -3.84. The van der Waals surface area contributed by atoms with Gasteiger partial charge in [0.05, 0.1) is 15.9 Å². The zero-order chi connectivity index (χ0) is 19.9. The van der Waals surface area contributed by atoms with Crippen molar-refractivity contribution < 1.29 is 13.3 Å². The van der Waals surface area contributed by atoms with Gasteiger partial charge in [-0.3, -0.25) is 10.1 Å². The van der Waals surface area contributed by atoms with E-state index in [2.05, 4.69) is 4.57 Å². The molecule has 3 aromatic rings. The van der Waals surface area contributed by atoms with Crippen LogP contribution in [0.25, 0.3) is 0 Å². The third-order valence-corrected chi connectivity index (χ3v) is 6.92. The number of aryl methyl sites for hydroxylation is 1. The molecular formula is C20H19N3O4S. The number of benzene rings is 2. The highest BCUT2D eigenvalue weighted by Gasteiger charge is 2.37. The van der Waals surface area contributed by atoms with E-state index >= 15 is 0 Å². The maximum atomic E-state index is 13.4. The fourth-order valence-corrected chi connectivity index (χ4v) is 5.16. The summed E-state index contributed by atoms with van der Waals surface area (Å²) in [4.78, 5) is 10.4. The number of nitrogens with zero attached hydrogens (tertiary/aromatic N) is 3. The number of rotatable bonds is 4. The minimum atomic E-state index is -3.84. The van der Waals surface area contributed by atoms with E-state index in [4.69, 9.17) is 0 Å². The van der Waals surface area contributed by atoms with Gasteiger partial charge in [0.2, 0.25) is 10.0 Å². The van der Waals surface area contributed by atoms with E-state index in [0.29, 0.717) is 13.1 Å². The maximum Gasteiger partial charge on any atom is 0.269 e. The molecule has 0 aliphatic carbocycles. The number of sulfonamides is 1. The summed E-state index contributed by atoms with van der Waals surface area (Å²) < 4.78 is 30.3. The van der Waals surface area contributed by atoms with Gasteiger partial charge in [-0.15, -0.1) is 0 Å². The monoisotopic (exact) mass is 397 g/mol. The summed E-state index contributed by atoms with van der Waals surface area (Å²) in [6, 6.07) is 16.3. The molecule has 2 heterocycles. The van der Waals surface area contributed by atoms with Crippen molar-refractivity contribution in [2.75, 3.05) is 6.54 Å². The van der Waals surface area contributed by atoms with Crippen LogP contribution in [-0.2, 0) is 16.6 Å². The maximum absolute atomic E-state index is 13.4. The van der Waals surface area contributed by atoms with E-state index < -0.39 is 21.0 Å². The standard InChI is InChI=1S/C20H19N3O4S/c1-15-4-6-16(7-5-15)20-19-3-2-12-21(19)13-14-22(20)28(26,27)18-10-8-17(9-11-18)23(24)25/h2-12,20H,13-14H2,1H3/t20-/m0/s1. The predicted molar refractivity (Wildman–Crippen MR) is 104 cm³/mol. The first-order valence-corrected chi connectivity index (χ1v) is 10.3. The Morgan fingerprint density at radius 1 is 1.00 bits per heavy atom. The van der Waals surface area contributed by atoms with Gasteiger partial charge in [-0.25, -0.2) is 8.42 Å². The quantitative estimate of drug-likeness (QED) is 0.498. The van der Waals surface area contributed by atoms with Crippen molar-refractivity contribution in [1.82, 2.24) is 8.87 Å². The largest absolute Gasteiger partial charge is 0.348 e. The number of fused-ring (bicyclic) bond motifs is 1. The molecule has 1 aliphatic rings.